The molecule has 162 valence electrons. The molecule has 0 aromatic heterocycles. The van der Waals surface area contributed by atoms with E-state index in [0.717, 1.165) is 22.5 Å². The molecule has 2 atom stereocenters. The SMILES string of the molecule is CC(=O)N1N=C(c2ccccc2)[C@@H]2N=N/C(=C(\O[Si](C)(C)C(C)(C)C)C(C)(C)C)[P@]21. The van der Waals surface area contributed by atoms with Crippen molar-refractivity contribution in [2.24, 2.45) is 20.7 Å². The number of amides is 1. The summed E-state index contributed by atoms with van der Waals surface area (Å²) in [5.41, 5.74) is 2.30. The van der Waals surface area contributed by atoms with Gasteiger partial charge in [0.15, 0.2) is 5.78 Å². The van der Waals surface area contributed by atoms with Crippen LogP contribution < -0.4 is 0 Å². The number of rotatable bonds is 3. The lowest BCUT2D eigenvalue weighted by molar-refractivity contribution is -0.124. The second-order valence-electron chi connectivity index (χ2n) is 10.4. The molecule has 0 fully saturated rings. The minimum atomic E-state index is -2.11. The summed E-state index contributed by atoms with van der Waals surface area (Å²) in [6.45, 7) is 19.1. The number of hydrogen-bond acceptors (Lipinski definition) is 5. The van der Waals surface area contributed by atoms with E-state index in [1.54, 1.807) is 11.7 Å². The Morgan fingerprint density at radius 3 is 2.20 bits per heavy atom. The van der Waals surface area contributed by atoms with E-state index in [1.807, 2.05) is 30.3 Å². The molecule has 3 rings (SSSR count). The van der Waals surface area contributed by atoms with Crippen LogP contribution >= 0.6 is 8.07 Å². The third-order valence-corrected chi connectivity index (χ3v) is 12.4. The fourth-order valence-corrected chi connectivity index (χ4v) is 6.75. The number of carbonyl (C=O) groups is 1. The highest BCUT2D eigenvalue weighted by Gasteiger charge is 2.50. The van der Waals surface area contributed by atoms with Crippen LogP contribution in [-0.2, 0) is 9.22 Å². The van der Waals surface area contributed by atoms with Gasteiger partial charge in [-0.1, -0.05) is 71.9 Å². The first-order valence-corrected chi connectivity index (χ1v) is 14.6. The fraction of sp³-hybridized carbons (Fsp3) is 0.545. The van der Waals surface area contributed by atoms with Gasteiger partial charge in [-0.2, -0.15) is 10.2 Å². The Morgan fingerprint density at radius 1 is 1.10 bits per heavy atom. The summed E-state index contributed by atoms with van der Waals surface area (Å²) in [6.07, 6.45) is 0. The van der Waals surface area contributed by atoms with E-state index in [-0.39, 0.29) is 22.1 Å². The van der Waals surface area contributed by atoms with Gasteiger partial charge >= 0.3 is 0 Å². The molecule has 6 nitrogen and oxygen atoms in total. The van der Waals surface area contributed by atoms with E-state index in [9.17, 15) is 4.79 Å². The lowest BCUT2D eigenvalue weighted by Gasteiger charge is -2.41. The van der Waals surface area contributed by atoms with Crippen molar-refractivity contribution >= 4 is 28.0 Å². The second-order valence-corrected chi connectivity index (χ2v) is 17.1. The number of hydrogen-bond donors (Lipinski definition) is 0. The average Bonchev–Trinajstić information content (AvgIpc) is 3.19. The summed E-state index contributed by atoms with van der Waals surface area (Å²) in [5, 5.41) is 14.0. The Kier molecular flexibility index (Phi) is 5.85. The smallest absolute Gasteiger partial charge is 0.250 e. The Labute approximate surface area is 182 Å². The Balaban J connectivity index is 2.11. The Hall–Kier alpha value is -1.85. The van der Waals surface area contributed by atoms with E-state index in [2.05, 4.69) is 64.9 Å². The van der Waals surface area contributed by atoms with E-state index >= 15 is 0 Å². The molecule has 0 aliphatic carbocycles. The molecule has 0 radical (unpaired) electrons. The van der Waals surface area contributed by atoms with Crippen molar-refractivity contribution in [3.05, 3.63) is 47.1 Å². The molecular formula is C22H33N4O2PSi. The maximum atomic E-state index is 12.5. The van der Waals surface area contributed by atoms with Crippen LogP contribution in [-0.4, -0.2) is 30.5 Å². The van der Waals surface area contributed by atoms with Crippen molar-refractivity contribution in [2.75, 3.05) is 0 Å². The quantitative estimate of drug-likeness (QED) is 0.296. The topological polar surface area (TPSA) is 66.6 Å². The van der Waals surface area contributed by atoms with Crippen LogP contribution in [0.1, 0.15) is 54.0 Å². The van der Waals surface area contributed by atoms with Gasteiger partial charge < -0.3 is 4.43 Å². The van der Waals surface area contributed by atoms with E-state index in [1.165, 1.54) is 0 Å². The van der Waals surface area contributed by atoms with Crippen molar-refractivity contribution < 1.29 is 9.22 Å². The van der Waals surface area contributed by atoms with Gasteiger partial charge in [-0.3, -0.25) is 4.79 Å². The maximum Gasteiger partial charge on any atom is 0.250 e. The van der Waals surface area contributed by atoms with Gasteiger partial charge in [-0.25, -0.2) is 4.78 Å². The van der Waals surface area contributed by atoms with Crippen LogP contribution in [0.4, 0.5) is 0 Å². The summed E-state index contributed by atoms with van der Waals surface area (Å²) >= 11 is 0. The predicted molar refractivity (Wildman–Crippen MR) is 126 cm³/mol. The number of fused-ring (bicyclic) bond motifs is 1. The molecule has 1 aromatic rings. The van der Waals surface area contributed by atoms with Crippen molar-refractivity contribution in [3.63, 3.8) is 0 Å². The minimum absolute atomic E-state index is 0.0497. The molecule has 2 heterocycles. The first-order valence-electron chi connectivity index (χ1n) is 10.3. The van der Waals surface area contributed by atoms with E-state index in [0.29, 0.717) is 0 Å². The van der Waals surface area contributed by atoms with Crippen molar-refractivity contribution in [3.8, 4) is 0 Å². The second kappa shape index (κ2) is 7.68. The third-order valence-electron chi connectivity index (χ3n) is 5.76. The lowest BCUT2D eigenvalue weighted by Crippen LogP contribution is -2.42. The van der Waals surface area contributed by atoms with Gasteiger partial charge in [0.1, 0.15) is 25.0 Å². The summed E-state index contributed by atoms with van der Waals surface area (Å²) in [6, 6.07) is 9.92. The number of hydrazone groups is 1. The third kappa shape index (κ3) is 4.15. The van der Waals surface area contributed by atoms with Crippen LogP contribution in [0.5, 0.6) is 0 Å². The summed E-state index contributed by atoms with van der Waals surface area (Å²) in [7, 11) is -3.30. The summed E-state index contributed by atoms with van der Waals surface area (Å²) in [4.78, 5) is 12.5. The molecule has 2 aliphatic heterocycles. The number of allylic oxidation sites excluding steroid dienone is 1. The van der Waals surface area contributed by atoms with Crippen LogP contribution in [0.25, 0.3) is 0 Å². The standard InChI is InChI=1S/C22H33N4O2PSi/c1-15(27)26-25-17(16-13-11-10-12-14-16)19-23-24-20(29(19)26)18(21(2,3)4)28-30(8,9)22(5,6)7/h10-14,19H,1-9H3/b20-18+/t19-,29+/m1/s1. The minimum Gasteiger partial charge on any atom is -0.544 e. The zero-order valence-corrected chi connectivity index (χ0v) is 21.4. The van der Waals surface area contributed by atoms with Gasteiger partial charge in [0.2, 0.25) is 14.2 Å². The molecule has 0 bridgehead atoms. The van der Waals surface area contributed by atoms with Gasteiger partial charge in [0.25, 0.3) is 0 Å². The summed E-state index contributed by atoms with van der Waals surface area (Å²) in [5.74, 6) is 0.506. The zero-order chi connectivity index (χ0) is 22.5. The molecule has 0 N–H and O–H groups in total. The highest BCUT2D eigenvalue weighted by Crippen LogP contribution is 2.65. The Bertz CT molecular complexity index is 927. The molecule has 0 saturated carbocycles. The van der Waals surface area contributed by atoms with Gasteiger partial charge in [0, 0.05) is 17.9 Å². The largest absolute Gasteiger partial charge is 0.544 e. The number of benzene rings is 1. The average molecular weight is 445 g/mol. The Morgan fingerprint density at radius 2 is 1.70 bits per heavy atom. The normalized spacial score (nSPS) is 23.4. The fourth-order valence-electron chi connectivity index (χ4n) is 3.02. The molecule has 1 amide bonds. The summed E-state index contributed by atoms with van der Waals surface area (Å²) < 4.78 is 8.42. The van der Waals surface area contributed by atoms with Crippen LogP contribution in [0.2, 0.25) is 18.1 Å². The van der Waals surface area contributed by atoms with Gasteiger partial charge in [-0.05, 0) is 18.1 Å². The van der Waals surface area contributed by atoms with Crippen molar-refractivity contribution in [1.82, 2.24) is 4.78 Å². The monoisotopic (exact) mass is 444 g/mol. The molecule has 0 saturated heterocycles. The van der Waals surface area contributed by atoms with Crippen LogP contribution in [0.15, 0.2) is 56.9 Å². The molecule has 30 heavy (non-hydrogen) atoms. The first-order chi connectivity index (χ1) is 13.7. The molecular weight excluding hydrogens is 411 g/mol. The van der Waals surface area contributed by atoms with Gasteiger partial charge in [-0.15, -0.1) is 5.11 Å². The molecule has 8 heteroatoms. The first kappa shape index (κ1) is 22.8. The number of carbonyl (C=O) groups excluding carboxylic acids is 1. The van der Waals surface area contributed by atoms with Crippen molar-refractivity contribution in [2.45, 2.75) is 72.4 Å². The molecule has 1 aromatic carbocycles. The van der Waals surface area contributed by atoms with E-state index < -0.39 is 16.4 Å². The van der Waals surface area contributed by atoms with E-state index in [4.69, 9.17) is 9.53 Å². The molecule has 0 unspecified atom stereocenters. The molecule has 0 spiro atoms. The predicted octanol–water partition coefficient (Wildman–Crippen LogP) is 6.68. The highest BCUT2D eigenvalue weighted by atomic mass is 31.1. The lowest BCUT2D eigenvalue weighted by atomic mass is 9.94. The van der Waals surface area contributed by atoms with Crippen LogP contribution in [0.3, 0.4) is 0 Å². The number of nitrogens with zero attached hydrogens (tertiary/aromatic N) is 4. The van der Waals surface area contributed by atoms with Gasteiger partial charge in [0.05, 0.1) is 0 Å². The highest BCUT2D eigenvalue weighted by molar-refractivity contribution is 7.62. The number of azo groups is 1. The maximum absolute atomic E-state index is 12.5. The zero-order valence-electron chi connectivity index (χ0n) is 19.5. The van der Waals surface area contributed by atoms with Crippen molar-refractivity contribution in [1.29, 1.82) is 0 Å². The molecule has 2 aliphatic rings. The van der Waals surface area contributed by atoms with Crippen LogP contribution in [0, 0.1) is 5.41 Å².